The summed E-state index contributed by atoms with van der Waals surface area (Å²) in [5.74, 6) is 0. The van der Waals surface area contributed by atoms with Crippen LogP contribution in [0.5, 0.6) is 0 Å². The molecule has 0 aliphatic rings. The number of halogens is 1. The molecule has 0 saturated heterocycles. The predicted octanol–water partition coefficient (Wildman–Crippen LogP) is 3.50. The number of thiocarbonyl (C=S) groups is 1. The zero-order valence-corrected chi connectivity index (χ0v) is 14.1. The molecule has 0 saturated carbocycles. The minimum Gasteiger partial charge on any atom is -0.362 e. The van der Waals surface area contributed by atoms with E-state index < -0.39 is 0 Å². The number of rotatable bonds is 5. The second kappa shape index (κ2) is 8.21. The van der Waals surface area contributed by atoms with E-state index in [-0.39, 0.29) is 0 Å². The van der Waals surface area contributed by atoms with Crippen molar-refractivity contribution in [3.8, 4) is 0 Å². The lowest BCUT2D eigenvalue weighted by Crippen LogP contribution is -2.35. The van der Waals surface area contributed by atoms with Gasteiger partial charge < -0.3 is 10.6 Å². The van der Waals surface area contributed by atoms with Gasteiger partial charge in [-0.2, -0.15) is 0 Å². The summed E-state index contributed by atoms with van der Waals surface area (Å²) in [6.07, 6.45) is 0.978. The molecule has 0 aromatic heterocycles. The summed E-state index contributed by atoms with van der Waals surface area (Å²) < 4.78 is 1.24. The van der Waals surface area contributed by atoms with Gasteiger partial charge in [-0.25, -0.2) is 0 Å². The van der Waals surface area contributed by atoms with Gasteiger partial charge in [0.25, 0.3) is 0 Å². The Morgan fingerprint density at radius 1 is 0.950 bits per heavy atom. The summed E-state index contributed by atoms with van der Waals surface area (Å²) in [5.41, 5.74) is 2.56. The van der Waals surface area contributed by atoms with Crippen LogP contribution < -0.4 is 10.6 Å². The highest BCUT2D eigenvalue weighted by atomic mass is 127. The topological polar surface area (TPSA) is 24.1 Å². The molecular weight excluding hydrogens is 379 g/mol. The second-order valence-corrected chi connectivity index (χ2v) is 6.13. The van der Waals surface area contributed by atoms with E-state index in [2.05, 4.69) is 81.8 Å². The average Bonchev–Trinajstić information content (AvgIpc) is 2.46. The summed E-state index contributed by atoms with van der Waals surface area (Å²) >= 11 is 7.59. The van der Waals surface area contributed by atoms with E-state index in [4.69, 9.17) is 12.2 Å². The monoisotopic (exact) mass is 396 g/mol. The van der Waals surface area contributed by atoms with Gasteiger partial charge in [0.1, 0.15) is 0 Å². The van der Waals surface area contributed by atoms with E-state index in [1.165, 1.54) is 14.7 Å². The molecule has 2 N–H and O–H groups in total. The van der Waals surface area contributed by atoms with Crippen LogP contribution in [-0.2, 0) is 13.0 Å². The minimum absolute atomic E-state index is 0.708. The summed E-state index contributed by atoms with van der Waals surface area (Å²) in [6.45, 7) is 1.61. The van der Waals surface area contributed by atoms with Gasteiger partial charge in [-0.05, 0) is 64.5 Å². The molecule has 0 aliphatic carbocycles. The summed E-state index contributed by atoms with van der Waals surface area (Å²) in [7, 11) is 0. The second-order valence-electron chi connectivity index (χ2n) is 4.47. The molecule has 0 aliphatic heterocycles. The third-order valence-corrected chi connectivity index (χ3v) is 3.84. The molecular formula is C16H17IN2S. The molecule has 0 unspecified atom stereocenters. The van der Waals surface area contributed by atoms with Crippen molar-refractivity contribution in [1.29, 1.82) is 0 Å². The maximum absolute atomic E-state index is 5.28. The molecule has 0 atom stereocenters. The standard InChI is InChI=1S/C16H17IN2S/c17-15-8-4-7-14(11-15)12-19-16(20)18-10-9-13-5-2-1-3-6-13/h1-8,11H,9-10,12H2,(H2,18,19,20). The Morgan fingerprint density at radius 3 is 2.45 bits per heavy atom. The molecule has 4 heteroatoms. The van der Waals surface area contributed by atoms with E-state index in [9.17, 15) is 0 Å². The predicted molar refractivity (Wildman–Crippen MR) is 96.7 cm³/mol. The van der Waals surface area contributed by atoms with Gasteiger partial charge in [-0.1, -0.05) is 42.5 Å². The first kappa shape index (κ1) is 15.3. The highest BCUT2D eigenvalue weighted by molar-refractivity contribution is 14.1. The van der Waals surface area contributed by atoms with Crippen molar-refractivity contribution in [2.75, 3.05) is 6.54 Å². The minimum atomic E-state index is 0.708. The first-order valence-corrected chi connectivity index (χ1v) is 8.03. The third kappa shape index (κ3) is 5.46. The first-order valence-electron chi connectivity index (χ1n) is 6.54. The SMILES string of the molecule is S=C(NCCc1ccccc1)NCc1cccc(I)c1. The fourth-order valence-electron chi connectivity index (χ4n) is 1.86. The van der Waals surface area contributed by atoms with Gasteiger partial charge in [0, 0.05) is 16.7 Å². The van der Waals surface area contributed by atoms with Crippen molar-refractivity contribution in [1.82, 2.24) is 10.6 Å². The number of hydrogen-bond donors (Lipinski definition) is 2. The fraction of sp³-hybridized carbons (Fsp3) is 0.188. The Morgan fingerprint density at radius 2 is 1.70 bits per heavy atom. The van der Waals surface area contributed by atoms with Crippen LogP contribution in [0, 0.1) is 3.57 Å². The van der Waals surface area contributed by atoms with Crippen LogP contribution in [0.15, 0.2) is 54.6 Å². The van der Waals surface area contributed by atoms with E-state index in [0.29, 0.717) is 5.11 Å². The largest absolute Gasteiger partial charge is 0.362 e. The van der Waals surface area contributed by atoms with Crippen LogP contribution in [0.25, 0.3) is 0 Å². The first-order chi connectivity index (χ1) is 9.74. The van der Waals surface area contributed by atoms with Crippen LogP contribution in [0.3, 0.4) is 0 Å². The lowest BCUT2D eigenvalue weighted by atomic mass is 10.1. The van der Waals surface area contributed by atoms with Gasteiger partial charge >= 0.3 is 0 Å². The molecule has 0 radical (unpaired) electrons. The van der Waals surface area contributed by atoms with Crippen molar-refractivity contribution < 1.29 is 0 Å². The highest BCUT2D eigenvalue weighted by Gasteiger charge is 1.98. The smallest absolute Gasteiger partial charge is 0.166 e. The van der Waals surface area contributed by atoms with Gasteiger partial charge in [-0.15, -0.1) is 0 Å². The van der Waals surface area contributed by atoms with Crippen LogP contribution >= 0.6 is 34.8 Å². The summed E-state index contributed by atoms with van der Waals surface area (Å²) in [6, 6.07) is 18.8. The summed E-state index contributed by atoms with van der Waals surface area (Å²) in [4.78, 5) is 0. The molecule has 2 aromatic rings. The Kier molecular flexibility index (Phi) is 6.26. The molecule has 0 fully saturated rings. The van der Waals surface area contributed by atoms with Crippen molar-refractivity contribution in [2.24, 2.45) is 0 Å². The van der Waals surface area contributed by atoms with Crippen LogP contribution in [-0.4, -0.2) is 11.7 Å². The van der Waals surface area contributed by atoms with E-state index in [0.717, 1.165) is 19.5 Å². The zero-order chi connectivity index (χ0) is 14.2. The lowest BCUT2D eigenvalue weighted by Gasteiger charge is -2.10. The van der Waals surface area contributed by atoms with E-state index in [1.54, 1.807) is 0 Å². The summed E-state index contributed by atoms with van der Waals surface area (Å²) in [5, 5.41) is 7.17. The van der Waals surface area contributed by atoms with Gasteiger partial charge in [0.2, 0.25) is 0 Å². The molecule has 0 spiro atoms. The fourth-order valence-corrected chi connectivity index (χ4v) is 2.64. The zero-order valence-electron chi connectivity index (χ0n) is 11.1. The normalized spacial score (nSPS) is 10.1. The van der Waals surface area contributed by atoms with Gasteiger partial charge in [0.05, 0.1) is 0 Å². The molecule has 2 rings (SSSR count). The van der Waals surface area contributed by atoms with Crippen LogP contribution in [0.4, 0.5) is 0 Å². The number of hydrogen-bond acceptors (Lipinski definition) is 1. The molecule has 0 bridgehead atoms. The quantitative estimate of drug-likeness (QED) is 0.598. The Hall–Kier alpha value is -1.14. The Balaban J connectivity index is 1.68. The molecule has 20 heavy (non-hydrogen) atoms. The third-order valence-electron chi connectivity index (χ3n) is 2.88. The van der Waals surface area contributed by atoms with Crippen LogP contribution in [0.1, 0.15) is 11.1 Å². The van der Waals surface area contributed by atoms with Crippen molar-refractivity contribution in [3.05, 3.63) is 69.3 Å². The Labute approximate surface area is 139 Å². The molecule has 0 heterocycles. The number of nitrogens with one attached hydrogen (secondary N) is 2. The Bertz CT molecular complexity index is 557. The maximum atomic E-state index is 5.28. The van der Waals surface area contributed by atoms with Crippen molar-refractivity contribution in [3.63, 3.8) is 0 Å². The molecule has 104 valence electrons. The van der Waals surface area contributed by atoms with Crippen LogP contribution in [0.2, 0.25) is 0 Å². The highest BCUT2D eigenvalue weighted by Crippen LogP contribution is 2.07. The van der Waals surface area contributed by atoms with Crippen molar-refractivity contribution in [2.45, 2.75) is 13.0 Å². The molecule has 0 amide bonds. The van der Waals surface area contributed by atoms with E-state index in [1.807, 2.05) is 6.07 Å². The maximum Gasteiger partial charge on any atom is 0.166 e. The van der Waals surface area contributed by atoms with Gasteiger partial charge in [-0.3, -0.25) is 0 Å². The lowest BCUT2D eigenvalue weighted by molar-refractivity contribution is 0.814. The van der Waals surface area contributed by atoms with Crippen molar-refractivity contribution >= 4 is 39.9 Å². The van der Waals surface area contributed by atoms with Gasteiger partial charge in [0.15, 0.2) is 5.11 Å². The van der Waals surface area contributed by atoms with E-state index >= 15 is 0 Å². The molecule has 2 nitrogen and oxygen atoms in total. The number of benzene rings is 2. The molecule has 2 aromatic carbocycles. The average molecular weight is 396 g/mol.